The van der Waals surface area contributed by atoms with E-state index in [-0.39, 0.29) is 0 Å². The van der Waals surface area contributed by atoms with E-state index in [1.54, 1.807) is 7.11 Å². The molecule has 1 fully saturated rings. The average molecular weight is 227 g/mol. The third-order valence-corrected chi connectivity index (χ3v) is 2.29. The van der Waals surface area contributed by atoms with Crippen molar-refractivity contribution in [2.24, 2.45) is 0 Å². The molecule has 0 aromatic carbocycles. The molecule has 1 aromatic heterocycles. The van der Waals surface area contributed by atoms with Crippen LogP contribution in [0.3, 0.4) is 0 Å². The van der Waals surface area contributed by atoms with Crippen molar-refractivity contribution in [1.82, 2.24) is 15.5 Å². The number of nitrogens with one attached hydrogen (secondary N) is 1. The second-order valence-corrected chi connectivity index (χ2v) is 3.80. The Bertz CT molecular complexity index is 312. The van der Waals surface area contributed by atoms with Crippen LogP contribution in [0.15, 0.2) is 4.52 Å². The Balaban J connectivity index is 1.64. The number of ether oxygens (including phenoxy) is 2. The van der Waals surface area contributed by atoms with E-state index in [0.717, 1.165) is 0 Å². The quantitative estimate of drug-likeness (QED) is 0.652. The Labute approximate surface area is 94.3 Å². The molecule has 0 radical (unpaired) electrons. The van der Waals surface area contributed by atoms with Gasteiger partial charge in [-0.3, -0.25) is 0 Å². The molecule has 1 heterocycles. The molecular weight excluding hydrogens is 210 g/mol. The summed E-state index contributed by atoms with van der Waals surface area (Å²) in [5.41, 5.74) is 0. The molecule has 1 aliphatic rings. The molecule has 0 bridgehead atoms. The first-order chi connectivity index (χ1) is 7.88. The van der Waals surface area contributed by atoms with E-state index in [9.17, 15) is 0 Å². The molecule has 1 saturated carbocycles. The molecule has 1 N–H and O–H groups in total. The van der Waals surface area contributed by atoms with Gasteiger partial charge in [-0.2, -0.15) is 4.98 Å². The Morgan fingerprint density at radius 3 is 3.06 bits per heavy atom. The van der Waals surface area contributed by atoms with Gasteiger partial charge >= 0.3 is 0 Å². The van der Waals surface area contributed by atoms with Crippen LogP contribution in [-0.4, -0.2) is 36.5 Å². The highest BCUT2D eigenvalue weighted by molar-refractivity contribution is 4.88. The minimum Gasteiger partial charge on any atom is -0.382 e. The lowest BCUT2D eigenvalue weighted by Gasteiger charge is -1.98. The lowest BCUT2D eigenvalue weighted by atomic mass is 10.5. The fraction of sp³-hybridized carbons (Fsp3) is 0.800. The number of nitrogens with zero attached hydrogens (tertiary/aromatic N) is 2. The SMILES string of the molecule is COCCOCc1nc(CNC2CC2)no1. The maximum absolute atomic E-state index is 5.27. The molecule has 0 atom stereocenters. The summed E-state index contributed by atoms with van der Waals surface area (Å²) in [5, 5.41) is 7.17. The highest BCUT2D eigenvalue weighted by Crippen LogP contribution is 2.18. The Kier molecular flexibility index (Phi) is 4.26. The van der Waals surface area contributed by atoms with Crippen LogP contribution in [0.1, 0.15) is 24.6 Å². The van der Waals surface area contributed by atoms with E-state index < -0.39 is 0 Å². The van der Waals surface area contributed by atoms with Crippen LogP contribution in [0, 0.1) is 0 Å². The predicted molar refractivity (Wildman–Crippen MR) is 55.7 cm³/mol. The molecule has 2 rings (SSSR count). The second-order valence-electron chi connectivity index (χ2n) is 3.80. The van der Waals surface area contributed by atoms with Gasteiger partial charge in [0.05, 0.1) is 19.8 Å². The smallest absolute Gasteiger partial charge is 0.252 e. The van der Waals surface area contributed by atoms with Crippen LogP contribution in [0.2, 0.25) is 0 Å². The van der Waals surface area contributed by atoms with E-state index in [1.807, 2.05) is 0 Å². The Hall–Kier alpha value is -0.980. The van der Waals surface area contributed by atoms with Crippen LogP contribution in [0.25, 0.3) is 0 Å². The fourth-order valence-corrected chi connectivity index (χ4v) is 1.25. The number of methoxy groups -OCH3 is 1. The summed E-state index contributed by atoms with van der Waals surface area (Å²) in [7, 11) is 1.64. The van der Waals surface area contributed by atoms with Gasteiger partial charge in [0.15, 0.2) is 5.82 Å². The first kappa shape index (κ1) is 11.5. The average Bonchev–Trinajstić information content (AvgIpc) is 3.02. The first-order valence-corrected chi connectivity index (χ1v) is 5.50. The first-order valence-electron chi connectivity index (χ1n) is 5.50. The molecular formula is C10H17N3O3. The van der Waals surface area contributed by atoms with Crippen molar-refractivity contribution in [3.05, 3.63) is 11.7 Å². The number of aromatic nitrogens is 2. The maximum atomic E-state index is 5.27. The molecule has 6 nitrogen and oxygen atoms in total. The largest absolute Gasteiger partial charge is 0.382 e. The van der Waals surface area contributed by atoms with E-state index in [2.05, 4.69) is 15.5 Å². The van der Waals surface area contributed by atoms with Crippen molar-refractivity contribution in [3.8, 4) is 0 Å². The molecule has 0 aliphatic heterocycles. The monoisotopic (exact) mass is 227 g/mol. The van der Waals surface area contributed by atoms with Gasteiger partial charge < -0.3 is 19.3 Å². The van der Waals surface area contributed by atoms with E-state index in [4.69, 9.17) is 14.0 Å². The van der Waals surface area contributed by atoms with Gasteiger partial charge in [0.1, 0.15) is 6.61 Å². The summed E-state index contributed by atoms with van der Waals surface area (Å²) < 4.78 is 15.2. The summed E-state index contributed by atoms with van der Waals surface area (Å²) >= 11 is 0. The van der Waals surface area contributed by atoms with Gasteiger partial charge in [-0.05, 0) is 12.8 Å². The van der Waals surface area contributed by atoms with Crippen LogP contribution >= 0.6 is 0 Å². The Morgan fingerprint density at radius 2 is 2.31 bits per heavy atom. The minimum absolute atomic E-state index is 0.347. The van der Waals surface area contributed by atoms with E-state index in [1.165, 1.54) is 12.8 Å². The normalized spacial score (nSPS) is 15.6. The lowest BCUT2D eigenvalue weighted by molar-refractivity contribution is 0.0494. The highest BCUT2D eigenvalue weighted by atomic mass is 16.5. The zero-order chi connectivity index (χ0) is 11.2. The highest BCUT2D eigenvalue weighted by Gasteiger charge is 2.20. The molecule has 1 aliphatic carbocycles. The van der Waals surface area contributed by atoms with Gasteiger partial charge in [-0.15, -0.1) is 0 Å². The van der Waals surface area contributed by atoms with Gasteiger partial charge in [0, 0.05) is 13.2 Å². The molecule has 6 heteroatoms. The summed E-state index contributed by atoms with van der Waals surface area (Å²) in [4.78, 5) is 4.20. The molecule has 0 unspecified atom stereocenters. The van der Waals surface area contributed by atoms with Crippen molar-refractivity contribution in [1.29, 1.82) is 0 Å². The Morgan fingerprint density at radius 1 is 1.44 bits per heavy atom. The maximum Gasteiger partial charge on any atom is 0.252 e. The van der Waals surface area contributed by atoms with Crippen molar-refractivity contribution < 1.29 is 14.0 Å². The third kappa shape index (κ3) is 3.88. The molecule has 90 valence electrons. The van der Waals surface area contributed by atoms with Gasteiger partial charge in [-0.1, -0.05) is 5.16 Å². The molecule has 0 saturated heterocycles. The third-order valence-electron chi connectivity index (χ3n) is 2.29. The van der Waals surface area contributed by atoms with Crippen LogP contribution in [0.5, 0.6) is 0 Å². The topological polar surface area (TPSA) is 69.4 Å². The number of hydrogen-bond acceptors (Lipinski definition) is 6. The summed E-state index contributed by atoms with van der Waals surface area (Å²) in [6.45, 7) is 2.13. The molecule has 1 aromatic rings. The lowest BCUT2D eigenvalue weighted by Crippen LogP contribution is -2.16. The van der Waals surface area contributed by atoms with Crippen molar-refractivity contribution in [2.45, 2.75) is 32.0 Å². The van der Waals surface area contributed by atoms with Crippen LogP contribution in [-0.2, 0) is 22.6 Å². The van der Waals surface area contributed by atoms with Crippen molar-refractivity contribution >= 4 is 0 Å². The van der Waals surface area contributed by atoms with Crippen molar-refractivity contribution in [2.75, 3.05) is 20.3 Å². The summed E-state index contributed by atoms with van der Waals surface area (Å²) in [6, 6.07) is 0.653. The summed E-state index contributed by atoms with van der Waals surface area (Å²) in [5.74, 6) is 1.21. The zero-order valence-corrected chi connectivity index (χ0v) is 9.44. The fourth-order valence-electron chi connectivity index (χ4n) is 1.25. The molecule has 16 heavy (non-hydrogen) atoms. The summed E-state index contributed by atoms with van der Waals surface area (Å²) in [6.07, 6.45) is 2.51. The zero-order valence-electron chi connectivity index (χ0n) is 9.44. The standard InChI is InChI=1S/C10H17N3O3/c1-14-4-5-15-7-10-12-9(13-16-10)6-11-8-2-3-8/h8,11H,2-7H2,1H3. The minimum atomic E-state index is 0.347. The van der Waals surface area contributed by atoms with Crippen LogP contribution < -0.4 is 5.32 Å². The van der Waals surface area contributed by atoms with Gasteiger partial charge in [0.25, 0.3) is 5.89 Å². The van der Waals surface area contributed by atoms with Crippen LogP contribution in [0.4, 0.5) is 0 Å². The van der Waals surface area contributed by atoms with Crippen molar-refractivity contribution in [3.63, 3.8) is 0 Å². The molecule has 0 amide bonds. The number of rotatable bonds is 8. The van der Waals surface area contributed by atoms with Gasteiger partial charge in [-0.25, -0.2) is 0 Å². The van der Waals surface area contributed by atoms with Gasteiger partial charge in [0.2, 0.25) is 0 Å². The van der Waals surface area contributed by atoms with E-state index >= 15 is 0 Å². The molecule has 0 spiro atoms. The van der Waals surface area contributed by atoms with E-state index in [0.29, 0.717) is 44.1 Å². The number of hydrogen-bond donors (Lipinski definition) is 1. The second kappa shape index (κ2) is 5.93. The predicted octanol–water partition coefficient (Wildman–Crippen LogP) is 0.485.